The Hall–Kier alpha value is -0.870. The SMILES string of the molecule is O=C1NCc2cc(SCl)ccc2O1. The zero-order valence-corrected chi connectivity index (χ0v) is 8.11. The summed E-state index contributed by atoms with van der Waals surface area (Å²) in [6.07, 6.45) is -0.404. The van der Waals surface area contributed by atoms with Gasteiger partial charge in [0.05, 0.1) is 0 Å². The van der Waals surface area contributed by atoms with Crippen LogP contribution in [-0.2, 0) is 6.54 Å². The van der Waals surface area contributed by atoms with Crippen molar-refractivity contribution in [2.24, 2.45) is 0 Å². The predicted molar refractivity (Wildman–Crippen MR) is 51.0 cm³/mol. The molecule has 0 saturated heterocycles. The second kappa shape index (κ2) is 3.47. The molecule has 0 radical (unpaired) electrons. The molecule has 0 fully saturated rings. The normalized spacial score (nSPS) is 14.4. The molecular formula is C8H6ClNO2S. The summed E-state index contributed by atoms with van der Waals surface area (Å²) in [5.41, 5.74) is 0.949. The molecule has 1 aliphatic heterocycles. The van der Waals surface area contributed by atoms with E-state index < -0.39 is 6.09 Å². The van der Waals surface area contributed by atoms with Gasteiger partial charge in [-0.05, 0) is 39.9 Å². The van der Waals surface area contributed by atoms with Gasteiger partial charge in [-0.25, -0.2) is 4.79 Å². The summed E-state index contributed by atoms with van der Waals surface area (Å²) in [6, 6.07) is 5.46. The highest BCUT2D eigenvalue weighted by Crippen LogP contribution is 2.29. The van der Waals surface area contributed by atoms with Crippen LogP contribution in [0.4, 0.5) is 4.79 Å². The molecule has 0 bridgehead atoms. The van der Waals surface area contributed by atoms with Gasteiger partial charge in [-0.3, -0.25) is 0 Å². The Labute approximate surface area is 83.9 Å². The first-order valence-electron chi connectivity index (χ1n) is 3.67. The quantitative estimate of drug-likeness (QED) is 0.783. The zero-order valence-electron chi connectivity index (χ0n) is 6.54. The Kier molecular flexibility index (Phi) is 2.33. The molecule has 0 saturated carbocycles. The first-order chi connectivity index (χ1) is 6.29. The van der Waals surface area contributed by atoms with E-state index in [1.165, 1.54) is 0 Å². The highest BCUT2D eigenvalue weighted by atomic mass is 35.7. The van der Waals surface area contributed by atoms with E-state index in [1.54, 1.807) is 6.07 Å². The van der Waals surface area contributed by atoms with Crippen LogP contribution in [0.1, 0.15) is 5.56 Å². The fraction of sp³-hybridized carbons (Fsp3) is 0.125. The standard InChI is InChI=1S/C8H6ClNO2S/c9-13-6-1-2-7-5(3-6)4-10-8(11)12-7/h1-3H,4H2,(H,10,11). The van der Waals surface area contributed by atoms with E-state index in [4.69, 9.17) is 15.4 Å². The summed E-state index contributed by atoms with van der Waals surface area (Å²) >= 11 is 0. The molecule has 1 N–H and O–H groups in total. The van der Waals surface area contributed by atoms with Gasteiger partial charge in [0, 0.05) is 17.0 Å². The van der Waals surface area contributed by atoms with Gasteiger partial charge in [0.15, 0.2) is 0 Å². The number of halogens is 1. The first-order valence-corrected chi connectivity index (χ1v) is 5.31. The molecule has 0 aliphatic carbocycles. The van der Waals surface area contributed by atoms with E-state index in [1.807, 2.05) is 12.1 Å². The minimum atomic E-state index is -0.404. The number of carbonyl (C=O) groups is 1. The van der Waals surface area contributed by atoms with Gasteiger partial charge in [-0.15, -0.1) is 0 Å². The van der Waals surface area contributed by atoms with Crippen LogP contribution in [-0.4, -0.2) is 6.09 Å². The lowest BCUT2D eigenvalue weighted by atomic mass is 10.2. The monoisotopic (exact) mass is 215 g/mol. The first kappa shape index (κ1) is 8.72. The van der Waals surface area contributed by atoms with Crippen molar-refractivity contribution in [3.05, 3.63) is 23.8 Å². The average Bonchev–Trinajstić information content (AvgIpc) is 2.17. The summed E-state index contributed by atoms with van der Waals surface area (Å²) in [4.78, 5) is 11.8. The van der Waals surface area contributed by atoms with Crippen LogP contribution in [0, 0.1) is 0 Å². The number of hydrogen-bond acceptors (Lipinski definition) is 3. The van der Waals surface area contributed by atoms with Crippen LogP contribution in [0.25, 0.3) is 0 Å². The van der Waals surface area contributed by atoms with Crippen molar-refractivity contribution >= 4 is 27.8 Å². The van der Waals surface area contributed by atoms with Crippen LogP contribution in [0.15, 0.2) is 23.1 Å². The molecule has 0 atom stereocenters. The second-order valence-electron chi connectivity index (χ2n) is 2.59. The Bertz CT molecular complexity index is 356. The topological polar surface area (TPSA) is 38.3 Å². The van der Waals surface area contributed by atoms with Crippen molar-refractivity contribution in [2.45, 2.75) is 11.4 Å². The van der Waals surface area contributed by atoms with E-state index in [0.29, 0.717) is 12.3 Å². The van der Waals surface area contributed by atoms with Crippen molar-refractivity contribution in [1.29, 1.82) is 0 Å². The maximum absolute atomic E-state index is 10.8. The third-order valence-electron chi connectivity index (χ3n) is 1.75. The van der Waals surface area contributed by atoms with E-state index in [-0.39, 0.29) is 0 Å². The lowest BCUT2D eigenvalue weighted by Crippen LogP contribution is -2.31. The Morgan fingerprint density at radius 3 is 3.15 bits per heavy atom. The minimum Gasteiger partial charge on any atom is -0.410 e. The van der Waals surface area contributed by atoms with Crippen molar-refractivity contribution in [3.63, 3.8) is 0 Å². The smallest absolute Gasteiger partial charge is 0.410 e. The lowest BCUT2D eigenvalue weighted by Gasteiger charge is -2.16. The van der Waals surface area contributed by atoms with Gasteiger partial charge in [-0.1, -0.05) is 0 Å². The molecule has 1 amide bonds. The molecule has 0 aromatic heterocycles. The molecule has 0 spiro atoms. The van der Waals surface area contributed by atoms with E-state index >= 15 is 0 Å². The maximum atomic E-state index is 10.8. The number of nitrogens with one attached hydrogen (secondary N) is 1. The lowest BCUT2D eigenvalue weighted by molar-refractivity contribution is 0.194. The number of amides is 1. The molecule has 1 aromatic carbocycles. The Morgan fingerprint density at radius 2 is 2.38 bits per heavy atom. The van der Waals surface area contributed by atoms with E-state index in [0.717, 1.165) is 21.4 Å². The molecule has 13 heavy (non-hydrogen) atoms. The number of carbonyl (C=O) groups excluding carboxylic acids is 1. The maximum Gasteiger partial charge on any atom is 0.412 e. The minimum absolute atomic E-state index is 0.404. The van der Waals surface area contributed by atoms with Gasteiger partial charge in [0.25, 0.3) is 0 Å². The number of ether oxygens (including phenoxy) is 1. The molecule has 1 aromatic rings. The number of hydrogen-bond donors (Lipinski definition) is 1. The Balaban J connectivity index is 2.36. The summed E-state index contributed by atoms with van der Waals surface area (Å²) < 4.78 is 4.93. The molecule has 0 unspecified atom stereocenters. The van der Waals surface area contributed by atoms with Gasteiger partial charge in [-0.2, -0.15) is 0 Å². The molecule has 2 rings (SSSR count). The Morgan fingerprint density at radius 1 is 1.54 bits per heavy atom. The molecule has 1 aliphatic rings. The fourth-order valence-electron chi connectivity index (χ4n) is 1.14. The third-order valence-corrected chi connectivity index (χ3v) is 2.71. The summed E-state index contributed by atoms with van der Waals surface area (Å²) in [6.45, 7) is 0.499. The van der Waals surface area contributed by atoms with Crippen LogP contribution < -0.4 is 10.1 Å². The van der Waals surface area contributed by atoms with Crippen molar-refractivity contribution in [1.82, 2.24) is 5.32 Å². The van der Waals surface area contributed by atoms with Crippen molar-refractivity contribution in [3.8, 4) is 5.75 Å². The summed E-state index contributed by atoms with van der Waals surface area (Å²) in [7, 11) is 6.73. The van der Waals surface area contributed by atoms with Gasteiger partial charge in [0.2, 0.25) is 0 Å². The number of rotatable bonds is 1. The molecular weight excluding hydrogens is 210 g/mol. The van der Waals surface area contributed by atoms with Gasteiger partial charge in [0.1, 0.15) is 5.75 Å². The zero-order chi connectivity index (χ0) is 9.26. The molecule has 3 nitrogen and oxygen atoms in total. The average molecular weight is 216 g/mol. The summed E-state index contributed by atoms with van der Waals surface area (Å²) in [5.74, 6) is 0.609. The van der Waals surface area contributed by atoms with Crippen molar-refractivity contribution in [2.75, 3.05) is 0 Å². The molecule has 68 valence electrons. The van der Waals surface area contributed by atoms with Crippen LogP contribution >= 0.6 is 21.7 Å². The predicted octanol–water partition coefficient (Wildman–Crippen LogP) is 2.53. The van der Waals surface area contributed by atoms with Gasteiger partial charge < -0.3 is 10.1 Å². The van der Waals surface area contributed by atoms with Crippen LogP contribution in [0.5, 0.6) is 5.75 Å². The molecule has 5 heteroatoms. The van der Waals surface area contributed by atoms with E-state index in [2.05, 4.69) is 5.32 Å². The van der Waals surface area contributed by atoms with Crippen molar-refractivity contribution < 1.29 is 9.53 Å². The number of fused-ring (bicyclic) bond motifs is 1. The van der Waals surface area contributed by atoms with E-state index in [9.17, 15) is 4.79 Å². The number of benzene rings is 1. The van der Waals surface area contributed by atoms with Crippen LogP contribution in [0.3, 0.4) is 0 Å². The summed E-state index contributed by atoms with van der Waals surface area (Å²) in [5, 5.41) is 2.58. The molecule has 1 heterocycles. The van der Waals surface area contributed by atoms with Gasteiger partial charge >= 0.3 is 6.09 Å². The largest absolute Gasteiger partial charge is 0.412 e. The second-order valence-corrected chi connectivity index (χ2v) is 3.68. The van der Waals surface area contributed by atoms with Crippen LogP contribution in [0.2, 0.25) is 0 Å². The highest BCUT2D eigenvalue weighted by Gasteiger charge is 2.15. The third kappa shape index (κ3) is 1.73. The fourth-order valence-corrected chi connectivity index (χ4v) is 1.74. The highest BCUT2D eigenvalue weighted by molar-refractivity contribution is 8.21.